The number of Topliss-reactive ketones (excluding diaryl/α,β-unsaturated/α-hetero) is 1. The molecule has 0 saturated heterocycles. The van der Waals surface area contributed by atoms with Gasteiger partial charge in [-0.3, -0.25) is 4.79 Å². The minimum absolute atomic E-state index is 0. The van der Waals surface area contributed by atoms with Crippen molar-refractivity contribution in [3.05, 3.63) is 27.7 Å². The van der Waals surface area contributed by atoms with Gasteiger partial charge in [0.1, 0.15) is 5.75 Å². The van der Waals surface area contributed by atoms with E-state index >= 15 is 0 Å². The smallest absolute Gasteiger partial charge is 0.558 e. The molecule has 6 heteroatoms. The van der Waals surface area contributed by atoms with Crippen LogP contribution < -0.4 is 23.6 Å². The van der Waals surface area contributed by atoms with E-state index in [9.17, 15) is 4.79 Å². The third-order valence-corrected chi connectivity index (χ3v) is 2.76. The fourth-order valence-corrected chi connectivity index (χ4v) is 1.95. The monoisotopic (exact) mass is 270 g/mol. The van der Waals surface area contributed by atoms with Crippen LogP contribution in [0, 0.1) is 0 Å². The maximum atomic E-state index is 11.7. The summed E-state index contributed by atoms with van der Waals surface area (Å²) in [5, 5.41) is 0.751. The molecule has 1 aromatic carbocycles. The molecule has 1 rings (SSSR count). The number of benzene rings is 1. The van der Waals surface area contributed by atoms with Crippen LogP contribution in [0.2, 0.25) is 10.0 Å². The first-order valence-corrected chi connectivity index (χ1v) is 5.78. The van der Waals surface area contributed by atoms with E-state index in [0.29, 0.717) is 33.9 Å². The van der Waals surface area contributed by atoms with Crippen LogP contribution in [0.5, 0.6) is 5.75 Å². The summed E-state index contributed by atoms with van der Waals surface area (Å²) >= 11 is 11.8. The molecular weight excluding hydrogens is 261 g/mol. The van der Waals surface area contributed by atoms with Crippen molar-refractivity contribution in [2.45, 2.75) is 6.42 Å². The predicted molar refractivity (Wildman–Crippen MR) is 65.1 cm³/mol. The number of rotatable bonds is 4. The van der Waals surface area contributed by atoms with Crippen molar-refractivity contribution in [3.63, 3.8) is 0 Å². The Labute approximate surface area is 119 Å². The first kappa shape index (κ1) is 16.3. The van der Waals surface area contributed by atoms with Gasteiger partial charge >= 0.3 is 18.9 Å². The van der Waals surface area contributed by atoms with Gasteiger partial charge in [-0.2, -0.15) is 6.16 Å². The van der Waals surface area contributed by atoms with Gasteiger partial charge in [-0.25, -0.2) is 0 Å². The van der Waals surface area contributed by atoms with E-state index in [4.69, 9.17) is 27.9 Å². The number of carbonyl (C=O) groups is 1. The average Bonchev–Trinajstić information content (AvgIpc) is 2.21. The van der Waals surface area contributed by atoms with E-state index in [0.717, 1.165) is 0 Å². The van der Waals surface area contributed by atoms with E-state index in [-0.39, 0.29) is 24.6 Å². The Bertz CT molecular complexity index is 385. The first-order valence-electron chi connectivity index (χ1n) is 4.31. The van der Waals surface area contributed by atoms with Crippen molar-refractivity contribution >= 4 is 38.2 Å². The molecule has 16 heavy (non-hydrogen) atoms. The van der Waals surface area contributed by atoms with Gasteiger partial charge in [-0.1, -0.05) is 23.2 Å². The van der Waals surface area contributed by atoms with Crippen LogP contribution in [-0.4, -0.2) is 19.1 Å². The Hall–Kier alpha value is 0.297. The van der Waals surface area contributed by atoms with Crippen LogP contribution in [0.4, 0.5) is 0 Å². The summed E-state index contributed by atoms with van der Waals surface area (Å²) in [4.78, 5) is 11.7. The molecule has 0 aromatic heterocycles. The van der Waals surface area contributed by atoms with Gasteiger partial charge in [-0.15, -0.1) is 0 Å². The average molecular weight is 271 g/mol. The predicted octanol–water partition coefficient (Wildman–Crippen LogP) is 0.722. The molecule has 0 atom stereocenters. The van der Waals surface area contributed by atoms with Gasteiger partial charge < -0.3 is 14.0 Å². The summed E-state index contributed by atoms with van der Waals surface area (Å²) in [6, 6.07) is 3.19. The SMILES string of the molecule is COc1c(Cl)ccc(Cl)c1C(=O)CC[PH-].[Li+]. The molecule has 0 N–H and O–H groups in total. The van der Waals surface area contributed by atoms with Gasteiger partial charge in [0.25, 0.3) is 0 Å². The zero-order valence-corrected chi connectivity index (χ0v) is 11.7. The molecule has 0 fully saturated rings. The molecule has 0 spiro atoms. The number of hydrogen-bond acceptors (Lipinski definition) is 2. The summed E-state index contributed by atoms with van der Waals surface area (Å²) in [7, 11) is 4.71. The molecule has 1 aromatic rings. The topological polar surface area (TPSA) is 26.3 Å². The minimum Gasteiger partial charge on any atom is -0.558 e. The standard InChI is InChI=1S/C10H10Cl2O2P.Li/c1-14-10-7(12)3-2-6(11)9(10)8(13)4-5-15;/h2-3,15H,4-5H2,1H3;/q-1;+1. The van der Waals surface area contributed by atoms with Crippen LogP contribution >= 0.6 is 32.4 Å². The molecule has 2 nitrogen and oxygen atoms in total. The Morgan fingerprint density at radius 1 is 1.38 bits per heavy atom. The molecule has 0 heterocycles. The molecule has 82 valence electrons. The molecule has 0 aliphatic heterocycles. The van der Waals surface area contributed by atoms with Gasteiger partial charge in [0, 0.05) is 0 Å². The maximum Gasteiger partial charge on any atom is 1.00 e. The molecule has 0 aliphatic carbocycles. The van der Waals surface area contributed by atoms with Crippen LogP contribution in [0.25, 0.3) is 0 Å². The van der Waals surface area contributed by atoms with Crippen molar-refractivity contribution in [2.75, 3.05) is 13.3 Å². The summed E-state index contributed by atoms with van der Waals surface area (Å²) in [6.07, 6.45) is 0.929. The Morgan fingerprint density at radius 3 is 2.44 bits per heavy atom. The van der Waals surface area contributed by atoms with Gasteiger partial charge in [-0.05, 0) is 18.6 Å². The number of hydrogen-bond donors (Lipinski definition) is 0. The normalized spacial score (nSPS) is 9.50. The summed E-state index contributed by atoms with van der Waals surface area (Å²) in [6.45, 7) is 0. The first-order chi connectivity index (χ1) is 7.11. The molecule has 0 bridgehead atoms. The van der Waals surface area contributed by atoms with Crippen molar-refractivity contribution in [3.8, 4) is 5.75 Å². The van der Waals surface area contributed by atoms with Crippen molar-refractivity contribution in [2.24, 2.45) is 0 Å². The third-order valence-electron chi connectivity index (χ3n) is 1.89. The number of halogens is 2. The quantitative estimate of drug-likeness (QED) is 0.458. The van der Waals surface area contributed by atoms with Crippen molar-refractivity contribution in [1.29, 1.82) is 0 Å². The molecular formula is C10H10Cl2LiO2P. The Balaban J connectivity index is 0.00000225. The van der Waals surface area contributed by atoms with Crippen LogP contribution in [-0.2, 0) is 0 Å². The van der Waals surface area contributed by atoms with E-state index in [1.54, 1.807) is 12.1 Å². The molecule has 0 saturated carbocycles. The molecule has 0 aliphatic rings. The largest absolute Gasteiger partial charge is 1.00 e. The van der Waals surface area contributed by atoms with Crippen LogP contribution in [0.1, 0.15) is 16.8 Å². The minimum atomic E-state index is -0.0886. The summed E-state index contributed by atoms with van der Waals surface area (Å²) in [5.41, 5.74) is 0.352. The zero-order valence-electron chi connectivity index (χ0n) is 9.14. The van der Waals surface area contributed by atoms with Crippen molar-refractivity contribution in [1.82, 2.24) is 0 Å². The molecule has 0 radical (unpaired) electrons. The maximum absolute atomic E-state index is 11.7. The molecule has 0 unspecified atom stereocenters. The van der Waals surface area contributed by atoms with E-state index in [1.807, 2.05) is 0 Å². The number of methoxy groups -OCH3 is 1. The third kappa shape index (κ3) is 3.66. The number of ether oxygens (including phenoxy) is 1. The second-order valence-corrected chi connectivity index (χ2v) is 4.18. The Kier molecular flexibility index (Phi) is 7.73. The van der Waals surface area contributed by atoms with E-state index in [2.05, 4.69) is 9.24 Å². The van der Waals surface area contributed by atoms with E-state index in [1.165, 1.54) is 7.11 Å². The van der Waals surface area contributed by atoms with Gasteiger partial charge in [0.2, 0.25) is 0 Å². The van der Waals surface area contributed by atoms with Gasteiger partial charge in [0.05, 0.1) is 22.7 Å². The second kappa shape index (κ2) is 7.59. The fraction of sp³-hybridized carbons (Fsp3) is 0.300. The zero-order chi connectivity index (χ0) is 11.4. The molecule has 0 amide bonds. The second-order valence-electron chi connectivity index (χ2n) is 2.86. The summed E-state index contributed by atoms with van der Waals surface area (Å²) < 4.78 is 5.07. The fourth-order valence-electron chi connectivity index (χ4n) is 1.23. The van der Waals surface area contributed by atoms with E-state index < -0.39 is 0 Å². The number of carbonyl (C=O) groups excluding carboxylic acids is 1. The summed E-state index contributed by atoms with van der Waals surface area (Å²) in [5.74, 6) is 0.253. The van der Waals surface area contributed by atoms with Gasteiger partial charge in [0.15, 0.2) is 5.78 Å². The van der Waals surface area contributed by atoms with Crippen LogP contribution in [0.3, 0.4) is 0 Å². The Morgan fingerprint density at radius 2 is 1.94 bits per heavy atom. The van der Waals surface area contributed by atoms with Crippen molar-refractivity contribution < 1.29 is 28.4 Å². The number of ketones is 1. The van der Waals surface area contributed by atoms with Crippen LogP contribution in [0.15, 0.2) is 12.1 Å².